The van der Waals surface area contributed by atoms with Crippen LogP contribution in [0.4, 0.5) is 0 Å². The molecular weight excluding hydrogens is 200 g/mol. The summed E-state index contributed by atoms with van der Waals surface area (Å²) in [5.74, 6) is 0.812. The molecule has 0 unspecified atom stereocenters. The van der Waals surface area contributed by atoms with Crippen molar-refractivity contribution >= 4 is 10.0 Å². The average Bonchev–Trinajstić information content (AvgIpc) is 2.94. The molecule has 2 N–H and O–H groups in total. The van der Waals surface area contributed by atoms with Crippen LogP contribution in [0.2, 0.25) is 0 Å². The van der Waals surface area contributed by atoms with Crippen LogP contribution in [0.5, 0.6) is 0 Å². The molecule has 84 valence electrons. The maximum absolute atomic E-state index is 11.8. The summed E-state index contributed by atoms with van der Waals surface area (Å²) in [4.78, 5) is 0. The SMILES string of the molecule is CCN(CC1CC1)S(=O)(=O)CCCN. The van der Waals surface area contributed by atoms with Crippen LogP contribution >= 0.6 is 0 Å². The van der Waals surface area contributed by atoms with Crippen molar-refractivity contribution in [3.63, 3.8) is 0 Å². The summed E-state index contributed by atoms with van der Waals surface area (Å²) in [7, 11) is -3.04. The lowest BCUT2D eigenvalue weighted by molar-refractivity contribution is 0.411. The van der Waals surface area contributed by atoms with Gasteiger partial charge in [0.15, 0.2) is 0 Å². The lowest BCUT2D eigenvalue weighted by Crippen LogP contribution is -2.35. The van der Waals surface area contributed by atoms with E-state index >= 15 is 0 Å². The van der Waals surface area contributed by atoms with Crippen molar-refractivity contribution in [2.45, 2.75) is 26.2 Å². The minimum Gasteiger partial charge on any atom is -0.330 e. The summed E-state index contributed by atoms with van der Waals surface area (Å²) in [5, 5.41) is 0. The fourth-order valence-electron chi connectivity index (χ4n) is 1.42. The standard InChI is InChI=1S/C9H20N2O2S/c1-2-11(8-9-4-5-9)14(12,13)7-3-6-10/h9H,2-8,10H2,1H3. The molecule has 0 heterocycles. The van der Waals surface area contributed by atoms with Crippen LogP contribution in [0.1, 0.15) is 26.2 Å². The monoisotopic (exact) mass is 220 g/mol. The smallest absolute Gasteiger partial charge is 0.214 e. The van der Waals surface area contributed by atoms with Crippen molar-refractivity contribution in [2.75, 3.05) is 25.4 Å². The number of hydrogen-bond donors (Lipinski definition) is 1. The van der Waals surface area contributed by atoms with E-state index in [1.54, 1.807) is 4.31 Å². The highest BCUT2D eigenvalue weighted by Gasteiger charge is 2.29. The van der Waals surface area contributed by atoms with Crippen molar-refractivity contribution < 1.29 is 8.42 Å². The Hall–Kier alpha value is -0.130. The lowest BCUT2D eigenvalue weighted by Gasteiger charge is -2.19. The fraction of sp³-hybridized carbons (Fsp3) is 1.00. The largest absolute Gasteiger partial charge is 0.330 e. The highest BCUT2D eigenvalue weighted by molar-refractivity contribution is 7.89. The molecule has 0 aromatic rings. The van der Waals surface area contributed by atoms with E-state index in [1.807, 2.05) is 6.92 Å². The molecule has 5 heteroatoms. The van der Waals surface area contributed by atoms with Gasteiger partial charge in [0.1, 0.15) is 0 Å². The van der Waals surface area contributed by atoms with Crippen LogP contribution in [-0.2, 0) is 10.0 Å². The number of sulfonamides is 1. The third kappa shape index (κ3) is 3.55. The Morgan fingerprint density at radius 3 is 2.50 bits per heavy atom. The summed E-state index contributed by atoms with van der Waals surface area (Å²) in [5.41, 5.74) is 5.31. The molecule has 0 aliphatic heterocycles. The topological polar surface area (TPSA) is 63.4 Å². The number of hydrogen-bond acceptors (Lipinski definition) is 3. The minimum absolute atomic E-state index is 0.198. The molecule has 0 bridgehead atoms. The molecule has 4 nitrogen and oxygen atoms in total. The molecule has 0 atom stereocenters. The third-order valence-corrected chi connectivity index (χ3v) is 4.51. The quantitative estimate of drug-likeness (QED) is 0.675. The zero-order valence-electron chi connectivity index (χ0n) is 8.78. The van der Waals surface area contributed by atoms with Crippen LogP contribution in [0.3, 0.4) is 0 Å². The van der Waals surface area contributed by atoms with Crippen molar-refractivity contribution in [1.29, 1.82) is 0 Å². The van der Waals surface area contributed by atoms with Crippen molar-refractivity contribution in [3.8, 4) is 0 Å². The Kier molecular flexibility index (Phi) is 4.34. The zero-order valence-corrected chi connectivity index (χ0v) is 9.59. The van der Waals surface area contributed by atoms with Crippen LogP contribution in [0, 0.1) is 5.92 Å². The van der Waals surface area contributed by atoms with Crippen LogP contribution in [-0.4, -0.2) is 38.1 Å². The second-order valence-corrected chi connectivity index (χ2v) is 5.94. The lowest BCUT2D eigenvalue weighted by atomic mass is 10.4. The third-order valence-electron chi connectivity index (χ3n) is 2.51. The summed E-state index contributed by atoms with van der Waals surface area (Å²) in [6, 6.07) is 0. The Morgan fingerprint density at radius 1 is 1.43 bits per heavy atom. The van der Waals surface area contributed by atoms with Gasteiger partial charge in [0.25, 0.3) is 0 Å². The van der Waals surface area contributed by atoms with Gasteiger partial charge in [-0.3, -0.25) is 0 Å². The average molecular weight is 220 g/mol. The first kappa shape index (κ1) is 11.9. The molecule has 1 fully saturated rings. The van der Waals surface area contributed by atoms with E-state index in [0.29, 0.717) is 32.0 Å². The minimum atomic E-state index is -3.04. The van der Waals surface area contributed by atoms with E-state index in [9.17, 15) is 8.42 Å². The van der Waals surface area contributed by atoms with Crippen LogP contribution in [0.15, 0.2) is 0 Å². The Labute approximate surface area is 86.5 Å². The molecule has 0 aromatic carbocycles. The highest BCUT2D eigenvalue weighted by atomic mass is 32.2. The van der Waals surface area contributed by atoms with Crippen molar-refractivity contribution in [1.82, 2.24) is 4.31 Å². The summed E-state index contributed by atoms with van der Waals surface area (Å²) in [6.07, 6.45) is 2.93. The molecule has 14 heavy (non-hydrogen) atoms. The van der Waals surface area contributed by atoms with Gasteiger partial charge in [-0.25, -0.2) is 12.7 Å². The molecular formula is C9H20N2O2S. The second kappa shape index (κ2) is 5.09. The molecule has 0 saturated heterocycles. The van der Waals surface area contributed by atoms with Crippen molar-refractivity contribution in [2.24, 2.45) is 11.7 Å². The molecule has 1 rings (SSSR count). The maximum Gasteiger partial charge on any atom is 0.214 e. The molecule has 0 aromatic heterocycles. The second-order valence-electron chi connectivity index (χ2n) is 3.85. The predicted octanol–water partition coefficient (Wildman–Crippen LogP) is 0.397. The first-order valence-corrected chi connectivity index (χ1v) is 6.89. The molecule has 0 amide bonds. The molecule has 0 spiro atoms. The number of rotatable bonds is 7. The zero-order chi connectivity index (χ0) is 10.6. The molecule has 0 radical (unpaired) electrons. The summed E-state index contributed by atoms with van der Waals surface area (Å²) < 4.78 is 25.1. The maximum atomic E-state index is 11.8. The summed E-state index contributed by atoms with van der Waals surface area (Å²) >= 11 is 0. The first-order chi connectivity index (χ1) is 6.60. The molecule has 1 aliphatic rings. The fourth-order valence-corrected chi connectivity index (χ4v) is 3.04. The van der Waals surface area contributed by atoms with Gasteiger partial charge < -0.3 is 5.73 Å². The van der Waals surface area contributed by atoms with E-state index in [-0.39, 0.29) is 5.75 Å². The van der Waals surface area contributed by atoms with Gasteiger partial charge in [0.05, 0.1) is 5.75 Å². The molecule has 1 saturated carbocycles. The Balaban J connectivity index is 2.47. The Bertz CT molecular complexity index is 260. The highest BCUT2D eigenvalue weighted by Crippen LogP contribution is 2.30. The van der Waals surface area contributed by atoms with Crippen LogP contribution < -0.4 is 5.73 Å². The number of nitrogens with two attached hydrogens (primary N) is 1. The van der Waals surface area contributed by atoms with E-state index in [4.69, 9.17) is 5.73 Å². The van der Waals surface area contributed by atoms with Gasteiger partial charge in [-0.15, -0.1) is 0 Å². The van der Waals surface area contributed by atoms with Gasteiger partial charge >= 0.3 is 0 Å². The number of nitrogens with zero attached hydrogens (tertiary/aromatic N) is 1. The van der Waals surface area contributed by atoms with Gasteiger partial charge in [0.2, 0.25) is 10.0 Å². The predicted molar refractivity (Wildman–Crippen MR) is 57.4 cm³/mol. The van der Waals surface area contributed by atoms with Crippen molar-refractivity contribution in [3.05, 3.63) is 0 Å². The van der Waals surface area contributed by atoms with Gasteiger partial charge in [-0.05, 0) is 31.7 Å². The normalized spacial score (nSPS) is 17.6. The van der Waals surface area contributed by atoms with E-state index in [0.717, 1.165) is 0 Å². The van der Waals surface area contributed by atoms with Gasteiger partial charge in [-0.1, -0.05) is 6.92 Å². The Morgan fingerprint density at radius 2 is 2.07 bits per heavy atom. The van der Waals surface area contributed by atoms with E-state index in [2.05, 4.69) is 0 Å². The van der Waals surface area contributed by atoms with Gasteiger partial charge in [-0.2, -0.15) is 0 Å². The van der Waals surface area contributed by atoms with Gasteiger partial charge in [0, 0.05) is 13.1 Å². The van der Waals surface area contributed by atoms with E-state index < -0.39 is 10.0 Å². The molecule has 1 aliphatic carbocycles. The van der Waals surface area contributed by atoms with E-state index in [1.165, 1.54) is 12.8 Å². The first-order valence-electron chi connectivity index (χ1n) is 5.28. The van der Waals surface area contributed by atoms with Crippen LogP contribution in [0.25, 0.3) is 0 Å². The summed E-state index contributed by atoms with van der Waals surface area (Å²) in [6.45, 7) is 3.63.